The van der Waals surface area contributed by atoms with Crippen molar-refractivity contribution in [2.24, 2.45) is 0 Å². The molecule has 0 bridgehead atoms. The van der Waals surface area contributed by atoms with Crippen molar-refractivity contribution >= 4 is 5.69 Å². The van der Waals surface area contributed by atoms with Gasteiger partial charge in [0, 0.05) is 0 Å². The van der Waals surface area contributed by atoms with Crippen LogP contribution in [0.5, 0.6) is 0 Å². The van der Waals surface area contributed by atoms with E-state index in [-0.39, 0.29) is 11.7 Å². The van der Waals surface area contributed by atoms with Gasteiger partial charge in [0.05, 0.1) is 25.5 Å². The second kappa shape index (κ2) is 2.98. The topological polar surface area (TPSA) is 51.5 Å². The van der Waals surface area contributed by atoms with Gasteiger partial charge in [-0.2, -0.15) is 0 Å². The highest BCUT2D eigenvalue weighted by Crippen LogP contribution is 2.07. The van der Waals surface area contributed by atoms with E-state index in [1.54, 1.807) is 12.1 Å². The summed E-state index contributed by atoms with van der Waals surface area (Å²) in [6.07, 6.45) is 1.37. The molecule has 0 amide bonds. The second-order valence-electron chi connectivity index (χ2n) is 2.69. The molecule has 0 unspecified atom stereocenters. The van der Waals surface area contributed by atoms with E-state index in [2.05, 4.69) is 9.73 Å². The smallest absolute Gasteiger partial charge is 0.359 e. The fourth-order valence-corrected chi connectivity index (χ4v) is 1.01. The van der Waals surface area contributed by atoms with Gasteiger partial charge in [-0.05, 0) is 12.1 Å². The van der Waals surface area contributed by atoms with Crippen LogP contribution in [0.3, 0.4) is 0 Å². The minimum absolute atomic E-state index is 0.260. The van der Waals surface area contributed by atoms with Crippen LogP contribution in [0.25, 0.3) is 0 Å². The summed E-state index contributed by atoms with van der Waals surface area (Å²) in [5.74, 6) is 0. The summed E-state index contributed by atoms with van der Waals surface area (Å²) in [5, 5.41) is 3.02. The minimum Gasteiger partial charge on any atom is -0.430 e. The van der Waals surface area contributed by atoms with Gasteiger partial charge in [0.25, 0.3) is 0 Å². The van der Waals surface area contributed by atoms with Crippen LogP contribution in [0.2, 0.25) is 0 Å². The molecule has 1 aromatic heterocycles. The predicted octanol–water partition coefficient (Wildman–Crippen LogP) is 0.450. The van der Waals surface area contributed by atoms with Crippen molar-refractivity contribution in [3.05, 3.63) is 28.8 Å². The molecule has 0 radical (unpaired) electrons. The molecule has 0 aliphatic carbocycles. The Balaban J connectivity index is 2.11. The molecule has 2 rings (SSSR count). The van der Waals surface area contributed by atoms with Crippen LogP contribution in [0.15, 0.2) is 27.6 Å². The normalized spacial score (nSPS) is 17.0. The van der Waals surface area contributed by atoms with Gasteiger partial charge in [0.1, 0.15) is 5.69 Å². The fourth-order valence-electron chi connectivity index (χ4n) is 1.01. The average molecular weight is 167 g/mol. The van der Waals surface area contributed by atoms with Crippen LogP contribution in [0.1, 0.15) is 0 Å². The molecule has 4 nitrogen and oxygen atoms in total. The SMILES string of the molecule is O=c1occcc1NC1COC1. The van der Waals surface area contributed by atoms with Crippen LogP contribution < -0.4 is 10.9 Å². The summed E-state index contributed by atoms with van der Waals surface area (Å²) in [5.41, 5.74) is 0.176. The molecule has 1 aromatic rings. The first-order chi connectivity index (χ1) is 5.86. The Hall–Kier alpha value is -1.29. The van der Waals surface area contributed by atoms with Gasteiger partial charge in [0.2, 0.25) is 0 Å². The van der Waals surface area contributed by atoms with Crippen molar-refractivity contribution in [1.82, 2.24) is 0 Å². The first-order valence-corrected chi connectivity index (χ1v) is 3.78. The lowest BCUT2D eigenvalue weighted by atomic mass is 10.2. The number of anilines is 1. The summed E-state index contributed by atoms with van der Waals surface area (Å²) in [7, 11) is 0. The van der Waals surface area contributed by atoms with Gasteiger partial charge in [-0.15, -0.1) is 0 Å². The van der Waals surface area contributed by atoms with E-state index in [1.807, 2.05) is 0 Å². The third kappa shape index (κ3) is 1.33. The number of ether oxygens (including phenoxy) is 1. The second-order valence-corrected chi connectivity index (χ2v) is 2.69. The number of hydrogen-bond donors (Lipinski definition) is 1. The fraction of sp³-hybridized carbons (Fsp3) is 0.375. The van der Waals surface area contributed by atoms with E-state index in [0.717, 1.165) is 0 Å². The summed E-state index contributed by atoms with van der Waals surface area (Å²) in [6, 6.07) is 3.64. The first-order valence-electron chi connectivity index (χ1n) is 3.78. The highest BCUT2D eigenvalue weighted by Gasteiger charge is 2.18. The highest BCUT2D eigenvalue weighted by molar-refractivity contribution is 5.40. The van der Waals surface area contributed by atoms with Crippen LogP contribution in [0.4, 0.5) is 5.69 Å². The molecule has 1 saturated heterocycles. The molecule has 64 valence electrons. The maximum Gasteiger partial charge on any atom is 0.359 e. The number of hydrogen-bond acceptors (Lipinski definition) is 4. The average Bonchev–Trinajstić information content (AvgIpc) is 2.00. The predicted molar refractivity (Wildman–Crippen MR) is 43.2 cm³/mol. The zero-order valence-corrected chi connectivity index (χ0v) is 6.45. The van der Waals surface area contributed by atoms with Gasteiger partial charge >= 0.3 is 5.63 Å². The maximum atomic E-state index is 11.0. The van der Waals surface area contributed by atoms with E-state index in [0.29, 0.717) is 18.9 Å². The monoisotopic (exact) mass is 167 g/mol. The molecule has 1 N–H and O–H groups in total. The Kier molecular flexibility index (Phi) is 1.83. The third-order valence-corrected chi connectivity index (χ3v) is 1.73. The van der Waals surface area contributed by atoms with Gasteiger partial charge in [-0.1, -0.05) is 0 Å². The lowest BCUT2D eigenvalue weighted by Crippen LogP contribution is -2.41. The largest absolute Gasteiger partial charge is 0.430 e. The molecule has 12 heavy (non-hydrogen) atoms. The van der Waals surface area contributed by atoms with Crippen LogP contribution in [0, 0.1) is 0 Å². The van der Waals surface area contributed by atoms with Gasteiger partial charge in [-0.25, -0.2) is 4.79 Å². The lowest BCUT2D eigenvalue weighted by Gasteiger charge is -2.26. The summed E-state index contributed by atoms with van der Waals surface area (Å²) in [4.78, 5) is 11.0. The van der Waals surface area contributed by atoms with E-state index >= 15 is 0 Å². The van der Waals surface area contributed by atoms with Crippen LogP contribution in [-0.4, -0.2) is 19.3 Å². The molecule has 1 aliphatic rings. The van der Waals surface area contributed by atoms with Crippen molar-refractivity contribution in [3.63, 3.8) is 0 Å². The molecule has 0 aromatic carbocycles. The van der Waals surface area contributed by atoms with Crippen molar-refractivity contribution in [3.8, 4) is 0 Å². The van der Waals surface area contributed by atoms with E-state index < -0.39 is 0 Å². The Labute approximate surface area is 69.2 Å². The van der Waals surface area contributed by atoms with Crippen LogP contribution in [-0.2, 0) is 4.74 Å². The van der Waals surface area contributed by atoms with Crippen molar-refractivity contribution in [2.75, 3.05) is 18.5 Å². The Morgan fingerprint density at radius 2 is 2.33 bits per heavy atom. The molecule has 0 spiro atoms. The molecule has 2 heterocycles. The molecular weight excluding hydrogens is 158 g/mol. The molecule has 0 saturated carbocycles. The summed E-state index contributed by atoms with van der Waals surface area (Å²) >= 11 is 0. The zero-order valence-electron chi connectivity index (χ0n) is 6.45. The van der Waals surface area contributed by atoms with Crippen molar-refractivity contribution in [1.29, 1.82) is 0 Å². The van der Waals surface area contributed by atoms with Gasteiger partial charge < -0.3 is 14.5 Å². The molecule has 1 fully saturated rings. The molecule has 0 atom stereocenters. The molecule has 4 heteroatoms. The standard InChI is InChI=1S/C8H9NO3/c10-8-7(2-1-3-12-8)9-6-4-11-5-6/h1-3,6,9H,4-5H2. The minimum atomic E-state index is -0.329. The number of nitrogens with one attached hydrogen (secondary N) is 1. The summed E-state index contributed by atoms with van der Waals surface area (Å²) < 4.78 is 9.62. The molecule has 1 aliphatic heterocycles. The highest BCUT2D eigenvalue weighted by atomic mass is 16.5. The van der Waals surface area contributed by atoms with Crippen LogP contribution >= 0.6 is 0 Å². The van der Waals surface area contributed by atoms with Gasteiger partial charge in [-0.3, -0.25) is 0 Å². The van der Waals surface area contributed by atoms with E-state index in [1.165, 1.54) is 6.26 Å². The van der Waals surface area contributed by atoms with E-state index in [9.17, 15) is 4.79 Å². The summed E-state index contributed by atoms with van der Waals surface area (Å²) in [6.45, 7) is 1.32. The Morgan fingerprint density at radius 3 is 2.92 bits per heavy atom. The quantitative estimate of drug-likeness (QED) is 0.694. The zero-order chi connectivity index (χ0) is 8.39. The maximum absolute atomic E-state index is 11.0. The number of rotatable bonds is 2. The van der Waals surface area contributed by atoms with Gasteiger partial charge in [0.15, 0.2) is 0 Å². The van der Waals surface area contributed by atoms with Crippen molar-refractivity contribution in [2.45, 2.75) is 6.04 Å². The lowest BCUT2D eigenvalue weighted by molar-refractivity contribution is 0.0210. The Morgan fingerprint density at radius 1 is 1.50 bits per heavy atom. The Bertz CT molecular complexity index is 316. The third-order valence-electron chi connectivity index (χ3n) is 1.73. The van der Waals surface area contributed by atoms with Crippen molar-refractivity contribution < 1.29 is 9.15 Å². The van der Waals surface area contributed by atoms with E-state index in [4.69, 9.17) is 4.74 Å². The molecular formula is C8H9NO3. The first kappa shape index (κ1) is 7.36.